The lowest BCUT2D eigenvalue weighted by Gasteiger charge is -2.22. The molecular formula is C30H44N4O4. The predicted molar refractivity (Wildman–Crippen MR) is 155 cm³/mol. The van der Waals surface area contributed by atoms with Gasteiger partial charge in [0.05, 0.1) is 37.3 Å². The molecule has 0 atom stereocenters. The van der Waals surface area contributed by atoms with Crippen LogP contribution in [0.4, 0.5) is 5.69 Å². The molecule has 0 aliphatic heterocycles. The molecule has 8 nitrogen and oxygen atoms in total. The van der Waals surface area contributed by atoms with Crippen LogP contribution in [0.5, 0.6) is 17.2 Å². The minimum atomic E-state index is -0.317. The molecule has 0 spiro atoms. The highest BCUT2D eigenvalue weighted by Crippen LogP contribution is 2.39. The molecule has 0 unspecified atom stereocenters. The van der Waals surface area contributed by atoms with Gasteiger partial charge < -0.3 is 19.1 Å². The van der Waals surface area contributed by atoms with Crippen molar-refractivity contribution in [1.29, 1.82) is 0 Å². The van der Waals surface area contributed by atoms with E-state index in [1.54, 1.807) is 11.7 Å². The van der Waals surface area contributed by atoms with Crippen LogP contribution in [0, 0.1) is 0 Å². The van der Waals surface area contributed by atoms with Crippen molar-refractivity contribution in [2.24, 2.45) is 0 Å². The van der Waals surface area contributed by atoms with Crippen LogP contribution in [0.15, 0.2) is 35.1 Å². The summed E-state index contributed by atoms with van der Waals surface area (Å²) in [5.74, 6) is 2.94. The van der Waals surface area contributed by atoms with Crippen molar-refractivity contribution in [3.05, 3.63) is 46.4 Å². The largest absolute Gasteiger partial charge is 0.495 e. The average molecular weight is 525 g/mol. The van der Waals surface area contributed by atoms with Gasteiger partial charge in [0.25, 0.3) is 0 Å². The van der Waals surface area contributed by atoms with Crippen LogP contribution in [-0.2, 0) is 0 Å². The Kier molecular flexibility index (Phi) is 10.7. The number of aromatic amines is 1. The van der Waals surface area contributed by atoms with Crippen molar-refractivity contribution in [2.45, 2.75) is 72.6 Å². The lowest BCUT2D eigenvalue weighted by Crippen LogP contribution is -2.20. The first kappa shape index (κ1) is 29.1. The molecule has 38 heavy (non-hydrogen) atoms. The highest BCUT2D eigenvalue weighted by atomic mass is 16.5. The topological polar surface area (TPSA) is 81.6 Å². The second-order valence-electron chi connectivity index (χ2n) is 9.91. The Hall–Kier alpha value is -3.42. The first-order chi connectivity index (χ1) is 18.4. The molecule has 0 aliphatic rings. The first-order valence-corrected chi connectivity index (χ1v) is 13.9. The Labute approximate surface area is 226 Å². The van der Waals surface area contributed by atoms with Gasteiger partial charge in [-0.2, -0.15) is 5.10 Å². The van der Waals surface area contributed by atoms with E-state index in [1.165, 1.54) is 0 Å². The molecule has 1 aromatic heterocycles. The van der Waals surface area contributed by atoms with Gasteiger partial charge in [0.2, 0.25) is 0 Å². The maximum absolute atomic E-state index is 13.1. The Morgan fingerprint density at radius 2 is 1.63 bits per heavy atom. The molecule has 3 aromatic rings. The molecule has 0 fully saturated rings. The number of rotatable bonds is 15. The van der Waals surface area contributed by atoms with Crippen molar-refractivity contribution >= 4 is 5.69 Å². The van der Waals surface area contributed by atoms with Gasteiger partial charge in [-0.15, -0.1) is 0 Å². The summed E-state index contributed by atoms with van der Waals surface area (Å²) in [6.45, 7) is 12.8. The van der Waals surface area contributed by atoms with E-state index in [0.29, 0.717) is 30.5 Å². The molecule has 0 bridgehead atoms. The third-order valence-corrected chi connectivity index (χ3v) is 6.55. The van der Waals surface area contributed by atoms with E-state index in [9.17, 15) is 4.79 Å². The third-order valence-electron chi connectivity index (χ3n) is 6.55. The second kappa shape index (κ2) is 13.9. The number of benzene rings is 2. The maximum Gasteiger partial charge on any atom is 0.348 e. The van der Waals surface area contributed by atoms with Gasteiger partial charge in [-0.25, -0.2) is 14.5 Å². The summed E-state index contributed by atoms with van der Waals surface area (Å²) in [4.78, 5) is 15.3. The maximum atomic E-state index is 13.1. The standard InChI is InChI=1S/C30H44N4O4/c1-8-11-16-37-27-20-28(38-17-12-9-2)24(19-23(27)21(4)5)29-31-32-30(35)34(29)22-13-14-26(36-7)25(18-22)33(6)15-10-3/h13-14,18-21H,8-12,15-17H2,1-7H3,(H,32,35). The zero-order valence-corrected chi connectivity index (χ0v) is 24.1. The van der Waals surface area contributed by atoms with E-state index in [4.69, 9.17) is 14.2 Å². The summed E-state index contributed by atoms with van der Waals surface area (Å²) < 4.78 is 19.7. The number of hydrogen-bond acceptors (Lipinski definition) is 6. The zero-order chi connectivity index (χ0) is 27.7. The summed E-state index contributed by atoms with van der Waals surface area (Å²) in [7, 11) is 3.68. The Bertz CT molecular complexity index is 1230. The highest BCUT2D eigenvalue weighted by molar-refractivity contribution is 5.71. The number of H-pyrrole nitrogens is 1. The van der Waals surface area contributed by atoms with Gasteiger partial charge in [-0.3, -0.25) is 0 Å². The van der Waals surface area contributed by atoms with Gasteiger partial charge >= 0.3 is 5.69 Å². The molecule has 1 N–H and O–H groups in total. The van der Waals surface area contributed by atoms with Crippen molar-refractivity contribution < 1.29 is 14.2 Å². The SMILES string of the molecule is CCCCOc1cc(OCCCC)c(C(C)C)cc1-c1n[nH]c(=O)n1-c1ccc(OC)c(N(C)CCC)c1. The molecule has 0 radical (unpaired) electrons. The molecule has 8 heteroatoms. The number of aromatic nitrogens is 3. The van der Waals surface area contributed by atoms with E-state index < -0.39 is 0 Å². The van der Waals surface area contributed by atoms with Crippen molar-refractivity contribution in [3.63, 3.8) is 0 Å². The van der Waals surface area contributed by atoms with Crippen molar-refractivity contribution in [3.8, 4) is 34.3 Å². The van der Waals surface area contributed by atoms with E-state index in [-0.39, 0.29) is 11.6 Å². The molecule has 3 rings (SSSR count). The smallest absolute Gasteiger partial charge is 0.348 e. The Morgan fingerprint density at radius 3 is 2.24 bits per heavy atom. The van der Waals surface area contributed by atoms with Gasteiger partial charge in [-0.05, 0) is 55.0 Å². The first-order valence-electron chi connectivity index (χ1n) is 13.9. The summed E-state index contributed by atoms with van der Waals surface area (Å²) in [5, 5.41) is 7.13. The summed E-state index contributed by atoms with van der Waals surface area (Å²) in [6, 6.07) is 9.77. The Morgan fingerprint density at radius 1 is 0.947 bits per heavy atom. The lowest BCUT2D eigenvalue weighted by atomic mass is 9.98. The van der Waals surface area contributed by atoms with Crippen LogP contribution in [0.2, 0.25) is 0 Å². The van der Waals surface area contributed by atoms with Crippen LogP contribution >= 0.6 is 0 Å². The molecule has 0 saturated carbocycles. The van der Waals surface area contributed by atoms with Gasteiger partial charge in [-0.1, -0.05) is 47.5 Å². The summed E-state index contributed by atoms with van der Waals surface area (Å²) >= 11 is 0. The third kappa shape index (κ3) is 6.71. The van der Waals surface area contributed by atoms with Crippen LogP contribution in [0.3, 0.4) is 0 Å². The minimum absolute atomic E-state index is 0.212. The van der Waals surface area contributed by atoms with E-state index >= 15 is 0 Å². The number of unbranched alkanes of at least 4 members (excludes halogenated alkanes) is 2. The summed E-state index contributed by atoms with van der Waals surface area (Å²) in [5.41, 5.74) is 3.10. The number of anilines is 1. The number of nitrogens with zero attached hydrogens (tertiary/aromatic N) is 3. The Balaban J connectivity index is 2.19. The molecule has 0 amide bonds. The second-order valence-corrected chi connectivity index (χ2v) is 9.91. The van der Waals surface area contributed by atoms with Crippen molar-refractivity contribution in [2.75, 3.05) is 38.8 Å². The van der Waals surface area contributed by atoms with Crippen molar-refractivity contribution in [1.82, 2.24) is 14.8 Å². The molecule has 0 aliphatic carbocycles. The van der Waals surface area contributed by atoms with E-state index in [0.717, 1.165) is 67.0 Å². The summed E-state index contributed by atoms with van der Waals surface area (Å²) in [6.07, 6.45) is 4.98. The fourth-order valence-electron chi connectivity index (χ4n) is 4.39. The molecule has 0 saturated heterocycles. The lowest BCUT2D eigenvalue weighted by molar-refractivity contribution is 0.292. The number of methoxy groups -OCH3 is 1. The van der Waals surface area contributed by atoms with Gasteiger partial charge in [0.1, 0.15) is 17.2 Å². The van der Waals surface area contributed by atoms with Crippen LogP contribution in [0.25, 0.3) is 17.1 Å². The molecular weight excluding hydrogens is 480 g/mol. The number of hydrogen-bond donors (Lipinski definition) is 1. The number of ether oxygens (including phenoxy) is 3. The van der Waals surface area contributed by atoms with Crippen LogP contribution in [0.1, 0.15) is 78.2 Å². The predicted octanol–water partition coefficient (Wildman–Crippen LogP) is 6.56. The quantitative estimate of drug-likeness (QED) is 0.227. The molecule has 208 valence electrons. The molecule has 2 aromatic carbocycles. The monoisotopic (exact) mass is 524 g/mol. The van der Waals surface area contributed by atoms with Crippen LogP contribution in [-0.4, -0.2) is 48.7 Å². The van der Waals surface area contributed by atoms with E-state index in [1.807, 2.05) is 31.3 Å². The fourth-order valence-corrected chi connectivity index (χ4v) is 4.39. The fraction of sp³-hybridized carbons (Fsp3) is 0.533. The van der Waals surface area contributed by atoms with Gasteiger partial charge in [0.15, 0.2) is 5.82 Å². The zero-order valence-electron chi connectivity index (χ0n) is 24.1. The van der Waals surface area contributed by atoms with Gasteiger partial charge in [0, 0.05) is 19.7 Å². The highest BCUT2D eigenvalue weighted by Gasteiger charge is 2.22. The van der Waals surface area contributed by atoms with E-state index in [2.05, 4.69) is 55.8 Å². The minimum Gasteiger partial charge on any atom is -0.495 e. The average Bonchev–Trinajstić information content (AvgIpc) is 3.29. The normalized spacial score (nSPS) is 11.2. The van der Waals surface area contributed by atoms with Crippen LogP contribution < -0.4 is 24.8 Å². The molecule has 1 heterocycles. The number of nitrogens with one attached hydrogen (secondary N) is 1.